The molecule has 0 atom stereocenters. The lowest BCUT2D eigenvalue weighted by Crippen LogP contribution is -2.24. The summed E-state index contributed by atoms with van der Waals surface area (Å²) in [6, 6.07) is 48.9. The Morgan fingerprint density at radius 3 is 1.70 bits per heavy atom. The zero-order valence-electron chi connectivity index (χ0n) is 29.3. The van der Waals surface area contributed by atoms with E-state index in [4.69, 9.17) is 19.9 Å². The molecule has 4 heteroatoms. The minimum Gasteiger partial charge on any atom is -0.232 e. The molecular weight excluding hydrogens is 609 g/mol. The van der Waals surface area contributed by atoms with Crippen molar-refractivity contribution in [1.29, 1.82) is 0 Å². The summed E-state index contributed by atoms with van der Waals surface area (Å²) in [4.78, 5) is 21.1. The molecule has 0 radical (unpaired) electrons. The molecule has 8 aromatic rings. The Kier molecular flexibility index (Phi) is 7.75. The van der Waals surface area contributed by atoms with E-state index in [9.17, 15) is 0 Å². The molecule has 4 nitrogen and oxygen atoms in total. The lowest BCUT2D eigenvalue weighted by molar-refractivity contribution is 0.511. The summed E-state index contributed by atoms with van der Waals surface area (Å²) in [5.41, 5.74) is 9.02. The van der Waals surface area contributed by atoms with Crippen molar-refractivity contribution in [3.05, 3.63) is 156 Å². The number of nitrogens with zero attached hydrogens (tertiary/aromatic N) is 4. The Labute approximate surface area is 294 Å². The molecular formula is C46H40N4. The fourth-order valence-electron chi connectivity index (χ4n) is 7.21. The van der Waals surface area contributed by atoms with Crippen molar-refractivity contribution < 1.29 is 0 Å². The third-order valence-corrected chi connectivity index (χ3v) is 9.68. The molecule has 0 amide bonds. The largest absolute Gasteiger partial charge is 0.232 e. The first-order chi connectivity index (χ1) is 24.2. The van der Waals surface area contributed by atoms with Gasteiger partial charge in [-0.3, -0.25) is 0 Å². The van der Waals surface area contributed by atoms with Gasteiger partial charge in [-0.1, -0.05) is 156 Å². The molecule has 2 aromatic heterocycles. The first-order valence-electron chi connectivity index (χ1n) is 17.4. The molecule has 8 rings (SSSR count). The van der Waals surface area contributed by atoms with Gasteiger partial charge < -0.3 is 0 Å². The van der Waals surface area contributed by atoms with E-state index in [0.29, 0.717) is 0 Å². The number of fused-ring (bicyclic) bond motifs is 3. The monoisotopic (exact) mass is 648 g/mol. The van der Waals surface area contributed by atoms with Gasteiger partial charge in [-0.15, -0.1) is 0 Å². The van der Waals surface area contributed by atoms with Crippen LogP contribution in [0.2, 0.25) is 0 Å². The van der Waals surface area contributed by atoms with Gasteiger partial charge in [0.15, 0.2) is 11.6 Å². The van der Waals surface area contributed by atoms with Crippen molar-refractivity contribution in [3.8, 4) is 33.9 Å². The molecule has 0 N–H and O–H groups in total. The number of benzene rings is 6. The Balaban J connectivity index is 1.31. The summed E-state index contributed by atoms with van der Waals surface area (Å²) >= 11 is 0. The molecule has 0 spiro atoms. The molecule has 0 saturated carbocycles. The second-order valence-corrected chi connectivity index (χ2v) is 14.9. The third-order valence-electron chi connectivity index (χ3n) is 9.68. The highest BCUT2D eigenvalue weighted by atomic mass is 14.9. The number of hydrogen-bond donors (Lipinski definition) is 0. The van der Waals surface area contributed by atoms with Crippen molar-refractivity contribution in [1.82, 2.24) is 19.9 Å². The van der Waals surface area contributed by atoms with Gasteiger partial charge >= 0.3 is 0 Å². The SMILES string of the molecule is CC(C)(C)c1nc(-c2cc(-c3ccccc3)ccc2CC(C)(C)c2nc(-c3cccc4ccccc34)nc3ccccc23)nc2ccccc12. The van der Waals surface area contributed by atoms with Crippen LogP contribution in [-0.4, -0.2) is 19.9 Å². The van der Waals surface area contributed by atoms with E-state index in [1.54, 1.807) is 0 Å². The van der Waals surface area contributed by atoms with E-state index < -0.39 is 0 Å². The molecule has 0 aliphatic carbocycles. The topological polar surface area (TPSA) is 51.6 Å². The van der Waals surface area contributed by atoms with Crippen molar-refractivity contribution in [2.75, 3.05) is 0 Å². The van der Waals surface area contributed by atoms with Crippen molar-refractivity contribution in [2.45, 2.75) is 51.9 Å². The van der Waals surface area contributed by atoms with Crippen LogP contribution in [0.3, 0.4) is 0 Å². The maximum atomic E-state index is 5.40. The van der Waals surface area contributed by atoms with Crippen LogP contribution in [0.1, 0.15) is 51.6 Å². The van der Waals surface area contributed by atoms with Crippen molar-refractivity contribution in [2.24, 2.45) is 0 Å². The first-order valence-corrected chi connectivity index (χ1v) is 17.4. The van der Waals surface area contributed by atoms with Crippen LogP contribution in [0.15, 0.2) is 140 Å². The summed E-state index contributed by atoms with van der Waals surface area (Å²) < 4.78 is 0. The molecule has 0 aliphatic rings. The molecule has 0 unspecified atom stereocenters. The molecule has 0 bridgehead atoms. The highest BCUT2D eigenvalue weighted by Gasteiger charge is 2.29. The Morgan fingerprint density at radius 2 is 1.00 bits per heavy atom. The van der Waals surface area contributed by atoms with Gasteiger partial charge in [0.05, 0.1) is 22.4 Å². The Morgan fingerprint density at radius 1 is 0.440 bits per heavy atom. The summed E-state index contributed by atoms with van der Waals surface area (Å²) in [6.07, 6.45) is 0.731. The second kappa shape index (κ2) is 12.3. The maximum absolute atomic E-state index is 5.40. The van der Waals surface area contributed by atoms with Gasteiger partial charge in [-0.2, -0.15) is 0 Å². The fourth-order valence-corrected chi connectivity index (χ4v) is 7.21. The van der Waals surface area contributed by atoms with Gasteiger partial charge in [-0.25, -0.2) is 19.9 Å². The molecule has 50 heavy (non-hydrogen) atoms. The summed E-state index contributed by atoms with van der Waals surface area (Å²) in [6.45, 7) is 11.3. The molecule has 0 fully saturated rings. The number of rotatable bonds is 6. The lowest BCUT2D eigenvalue weighted by atomic mass is 9.79. The lowest BCUT2D eigenvalue weighted by Gasteiger charge is -2.28. The van der Waals surface area contributed by atoms with Crippen LogP contribution in [0.4, 0.5) is 0 Å². The predicted octanol–water partition coefficient (Wildman–Crippen LogP) is 11.5. The van der Waals surface area contributed by atoms with Crippen LogP contribution in [0.5, 0.6) is 0 Å². The number of hydrogen-bond acceptors (Lipinski definition) is 4. The predicted molar refractivity (Wildman–Crippen MR) is 208 cm³/mol. The number of aromatic nitrogens is 4. The van der Waals surface area contributed by atoms with Crippen molar-refractivity contribution in [3.63, 3.8) is 0 Å². The van der Waals surface area contributed by atoms with E-state index in [2.05, 4.69) is 174 Å². The number of para-hydroxylation sites is 2. The molecule has 0 saturated heterocycles. The van der Waals surface area contributed by atoms with Gasteiger partial charge in [0.1, 0.15) is 0 Å². The normalized spacial score (nSPS) is 12.2. The van der Waals surface area contributed by atoms with Crippen LogP contribution in [0, 0.1) is 0 Å². The molecule has 244 valence electrons. The Hall–Kier alpha value is -5.74. The quantitative estimate of drug-likeness (QED) is 0.180. The fraction of sp³-hybridized carbons (Fsp3) is 0.174. The Bertz CT molecular complexity index is 2520. The van der Waals surface area contributed by atoms with E-state index in [1.165, 1.54) is 10.9 Å². The standard InChI is InChI=1S/C46H40N4/c1-45(2,3)41-36-21-11-13-24-39(36)48-44(49-41)38-28-32(30-16-7-6-8-17-30)26-27-33(38)29-46(4,5)42-37-22-12-14-25-40(37)47-43(50-42)35-23-15-19-31-18-9-10-20-34(31)35/h6-28H,29H2,1-5H3. The zero-order valence-corrected chi connectivity index (χ0v) is 29.3. The van der Waals surface area contributed by atoms with Crippen LogP contribution in [-0.2, 0) is 17.3 Å². The van der Waals surface area contributed by atoms with Gasteiger partial charge in [0, 0.05) is 32.7 Å². The van der Waals surface area contributed by atoms with E-state index in [-0.39, 0.29) is 10.8 Å². The second-order valence-electron chi connectivity index (χ2n) is 14.9. The summed E-state index contributed by atoms with van der Waals surface area (Å²) in [5, 5.41) is 4.49. The van der Waals surface area contributed by atoms with Gasteiger partial charge in [0.2, 0.25) is 0 Å². The minimum atomic E-state index is -0.366. The van der Waals surface area contributed by atoms with E-state index >= 15 is 0 Å². The molecule has 0 aliphatic heterocycles. The van der Waals surface area contributed by atoms with Gasteiger partial charge in [-0.05, 0) is 52.1 Å². The maximum Gasteiger partial charge on any atom is 0.160 e. The molecule has 2 heterocycles. The average Bonchev–Trinajstić information content (AvgIpc) is 3.13. The third kappa shape index (κ3) is 5.81. The van der Waals surface area contributed by atoms with Gasteiger partial charge in [0.25, 0.3) is 0 Å². The highest BCUT2D eigenvalue weighted by Crippen LogP contribution is 2.39. The van der Waals surface area contributed by atoms with Crippen LogP contribution < -0.4 is 0 Å². The molecule has 6 aromatic carbocycles. The van der Waals surface area contributed by atoms with E-state index in [0.717, 1.165) is 78.9 Å². The van der Waals surface area contributed by atoms with Crippen LogP contribution >= 0.6 is 0 Å². The first kappa shape index (κ1) is 31.5. The smallest absolute Gasteiger partial charge is 0.160 e. The van der Waals surface area contributed by atoms with E-state index in [1.807, 2.05) is 0 Å². The summed E-state index contributed by atoms with van der Waals surface area (Å²) in [7, 11) is 0. The average molecular weight is 649 g/mol. The zero-order chi connectivity index (χ0) is 34.5. The minimum absolute atomic E-state index is 0.161. The summed E-state index contributed by atoms with van der Waals surface area (Å²) in [5.74, 6) is 1.50. The highest BCUT2D eigenvalue weighted by molar-refractivity contribution is 5.96. The van der Waals surface area contributed by atoms with Crippen molar-refractivity contribution >= 4 is 32.6 Å². The van der Waals surface area contributed by atoms with Crippen LogP contribution in [0.25, 0.3) is 66.5 Å².